The van der Waals surface area contributed by atoms with E-state index in [4.69, 9.17) is 4.74 Å². The van der Waals surface area contributed by atoms with Crippen molar-refractivity contribution in [1.82, 2.24) is 9.80 Å². The van der Waals surface area contributed by atoms with E-state index in [1.165, 1.54) is 37.1 Å². The summed E-state index contributed by atoms with van der Waals surface area (Å²) < 4.78 is 5.67. The van der Waals surface area contributed by atoms with Crippen molar-refractivity contribution in [2.45, 2.75) is 39.5 Å². The SMILES string of the molecule is Cc1cc(OCC(=O)N(C)CCN2CCCC2)ccc1C(C)C. The molecule has 1 saturated heterocycles. The lowest BCUT2D eigenvalue weighted by Crippen LogP contribution is -2.37. The minimum absolute atomic E-state index is 0.0368. The fourth-order valence-electron chi connectivity index (χ4n) is 3.06. The Morgan fingerprint density at radius 2 is 2.00 bits per heavy atom. The van der Waals surface area contributed by atoms with Gasteiger partial charge >= 0.3 is 0 Å². The zero-order chi connectivity index (χ0) is 16.8. The van der Waals surface area contributed by atoms with Gasteiger partial charge in [0.25, 0.3) is 5.91 Å². The molecule has 0 radical (unpaired) electrons. The van der Waals surface area contributed by atoms with Gasteiger partial charge in [0.05, 0.1) is 0 Å². The van der Waals surface area contributed by atoms with E-state index in [0.717, 1.165) is 18.8 Å². The Bertz CT molecular complexity index is 522. The van der Waals surface area contributed by atoms with E-state index < -0.39 is 0 Å². The van der Waals surface area contributed by atoms with Crippen LogP contribution in [0, 0.1) is 6.92 Å². The molecule has 0 saturated carbocycles. The second-order valence-corrected chi connectivity index (χ2v) is 6.83. The lowest BCUT2D eigenvalue weighted by Gasteiger charge is -2.21. The number of rotatable bonds is 7. The van der Waals surface area contributed by atoms with Crippen LogP contribution in [-0.4, -0.2) is 55.5 Å². The van der Waals surface area contributed by atoms with Crippen LogP contribution in [0.2, 0.25) is 0 Å². The molecule has 0 bridgehead atoms. The predicted molar refractivity (Wildman–Crippen MR) is 94.1 cm³/mol. The molecule has 4 heteroatoms. The van der Waals surface area contributed by atoms with Crippen molar-refractivity contribution in [1.29, 1.82) is 0 Å². The zero-order valence-electron chi connectivity index (χ0n) is 15.0. The van der Waals surface area contributed by atoms with E-state index >= 15 is 0 Å². The van der Waals surface area contributed by atoms with Crippen LogP contribution in [0.25, 0.3) is 0 Å². The minimum Gasteiger partial charge on any atom is -0.484 e. The number of likely N-dealkylation sites (tertiary alicyclic amines) is 1. The van der Waals surface area contributed by atoms with Crippen molar-refractivity contribution < 1.29 is 9.53 Å². The number of nitrogens with zero attached hydrogens (tertiary/aromatic N) is 2. The molecule has 0 atom stereocenters. The van der Waals surface area contributed by atoms with E-state index in [9.17, 15) is 4.79 Å². The summed E-state index contributed by atoms with van der Waals surface area (Å²) in [6.45, 7) is 10.6. The van der Waals surface area contributed by atoms with Gasteiger partial charge in [-0.05, 0) is 62.0 Å². The highest BCUT2D eigenvalue weighted by Crippen LogP contribution is 2.23. The maximum absolute atomic E-state index is 12.2. The molecule has 1 fully saturated rings. The lowest BCUT2D eigenvalue weighted by atomic mass is 9.98. The molecular formula is C19H30N2O2. The monoisotopic (exact) mass is 318 g/mol. The highest BCUT2D eigenvalue weighted by Gasteiger charge is 2.15. The summed E-state index contributed by atoms with van der Waals surface area (Å²) >= 11 is 0. The average Bonchev–Trinajstić information content (AvgIpc) is 3.03. The third-order valence-corrected chi connectivity index (χ3v) is 4.60. The van der Waals surface area contributed by atoms with Gasteiger partial charge in [-0.2, -0.15) is 0 Å². The Kier molecular flexibility index (Phi) is 6.46. The highest BCUT2D eigenvalue weighted by molar-refractivity contribution is 5.77. The smallest absolute Gasteiger partial charge is 0.260 e. The molecule has 128 valence electrons. The van der Waals surface area contributed by atoms with E-state index in [2.05, 4.69) is 31.7 Å². The summed E-state index contributed by atoms with van der Waals surface area (Å²) in [4.78, 5) is 16.4. The van der Waals surface area contributed by atoms with Crippen molar-refractivity contribution in [3.63, 3.8) is 0 Å². The molecule has 0 aromatic heterocycles. The standard InChI is InChI=1S/C19H30N2O2/c1-15(2)18-8-7-17(13-16(18)3)23-14-19(22)20(4)11-12-21-9-5-6-10-21/h7-8,13,15H,5-6,9-12,14H2,1-4H3. The number of hydrogen-bond donors (Lipinski definition) is 0. The van der Waals surface area contributed by atoms with Gasteiger partial charge in [0.2, 0.25) is 0 Å². The largest absolute Gasteiger partial charge is 0.484 e. The summed E-state index contributed by atoms with van der Waals surface area (Å²) in [5.74, 6) is 1.31. The van der Waals surface area contributed by atoms with Gasteiger partial charge in [0.15, 0.2) is 6.61 Å². The quantitative estimate of drug-likeness (QED) is 0.774. The van der Waals surface area contributed by atoms with Gasteiger partial charge in [-0.1, -0.05) is 19.9 Å². The molecule has 1 aliphatic heterocycles. The number of aryl methyl sites for hydroxylation is 1. The molecule has 23 heavy (non-hydrogen) atoms. The second kappa shape index (κ2) is 8.34. The fraction of sp³-hybridized carbons (Fsp3) is 0.632. The summed E-state index contributed by atoms with van der Waals surface area (Å²) in [6, 6.07) is 6.07. The molecule has 0 aliphatic carbocycles. The molecule has 0 unspecified atom stereocenters. The summed E-state index contributed by atoms with van der Waals surface area (Å²) in [5.41, 5.74) is 2.54. The third-order valence-electron chi connectivity index (χ3n) is 4.60. The predicted octanol–water partition coefficient (Wildman–Crippen LogP) is 3.05. The van der Waals surface area contributed by atoms with Crippen LogP contribution in [0.5, 0.6) is 5.75 Å². The molecule has 1 amide bonds. The molecule has 1 aromatic rings. The maximum Gasteiger partial charge on any atom is 0.260 e. The number of likely N-dealkylation sites (N-methyl/N-ethyl adjacent to an activating group) is 1. The van der Waals surface area contributed by atoms with Crippen molar-refractivity contribution in [3.05, 3.63) is 29.3 Å². The Hall–Kier alpha value is -1.55. The van der Waals surface area contributed by atoms with Gasteiger partial charge in [-0.25, -0.2) is 0 Å². The number of amides is 1. The number of ether oxygens (including phenoxy) is 1. The summed E-state index contributed by atoms with van der Waals surface area (Å²) in [7, 11) is 1.86. The van der Waals surface area contributed by atoms with Crippen molar-refractivity contribution in [3.8, 4) is 5.75 Å². The molecule has 4 nitrogen and oxygen atoms in total. The first kappa shape index (κ1) is 17.8. The van der Waals surface area contributed by atoms with E-state index in [1.807, 2.05) is 19.2 Å². The lowest BCUT2D eigenvalue weighted by molar-refractivity contribution is -0.132. The van der Waals surface area contributed by atoms with Crippen LogP contribution in [0.15, 0.2) is 18.2 Å². The van der Waals surface area contributed by atoms with Crippen LogP contribution in [0.4, 0.5) is 0 Å². The minimum atomic E-state index is 0.0368. The first-order chi connectivity index (χ1) is 11.0. The summed E-state index contributed by atoms with van der Waals surface area (Å²) in [6.07, 6.45) is 2.57. The van der Waals surface area contributed by atoms with Crippen molar-refractivity contribution in [2.24, 2.45) is 0 Å². The fourth-order valence-corrected chi connectivity index (χ4v) is 3.06. The Balaban J connectivity index is 1.77. The highest BCUT2D eigenvalue weighted by atomic mass is 16.5. The first-order valence-corrected chi connectivity index (χ1v) is 8.67. The van der Waals surface area contributed by atoms with Crippen LogP contribution >= 0.6 is 0 Å². The molecule has 0 spiro atoms. The molecule has 1 heterocycles. The number of carbonyl (C=O) groups excluding carboxylic acids is 1. The van der Waals surface area contributed by atoms with Gasteiger partial charge < -0.3 is 14.5 Å². The molecule has 0 N–H and O–H groups in total. The maximum atomic E-state index is 12.2. The Labute approximate surface area is 140 Å². The first-order valence-electron chi connectivity index (χ1n) is 8.67. The van der Waals surface area contributed by atoms with Gasteiger partial charge in [-0.15, -0.1) is 0 Å². The molecule has 2 rings (SSSR count). The van der Waals surface area contributed by atoms with Crippen LogP contribution in [-0.2, 0) is 4.79 Å². The van der Waals surface area contributed by atoms with Crippen molar-refractivity contribution >= 4 is 5.91 Å². The van der Waals surface area contributed by atoms with Gasteiger partial charge in [0, 0.05) is 20.1 Å². The van der Waals surface area contributed by atoms with E-state index in [1.54, 1.807) is 4.90 Å². The average molecular weight is 318 g/mol. The second-order valence-electron chi connectivity index (χ2n) is 6.83. The van der Waals surface area contributed by atoms with Crippen molar-refractivity contribution in [2.75, 3.05) is 39.8 Å². The molecular weight excluding hydrogens is 288 g/mol. The Morgan fingerprint density at radius 3 is 2.61 bits per heavy atom. The zero-order valence-corrected chi connectivity index (χ0v) is 15.0. The Morgan fingerprint density at radius 1 is 1.30 bits per heavy atom. The van der Waals surface area contributed by atoms with Crippen LogP contribution < -0.4 is 4.74 Å². The molecule has 1 aromatic carbocycles. The van der Waals surface area contributed by atoms with Gasteiger partial charge in [0.1, 0.15) is 5.75 Å². The van der Waals surface area contributed by atoms with Crippen LogP contribution in [0.3, 0.4) is 0 Å². The molecule has 1 aliphatic rings. The van der Waals surface area contributed by atoms with E-state index in [0.29, 0.717) is 5.92 Å². The normalized spacial score (nSPS) is 15.2. The summed E-state index contributed by atoms with van der Waals surface area (Å²) in [5, 5.41) is 0. The number of benzene rings is 1. The number of hydrogen-bond acceptors (Lipinski definition) is 3. The topological polar surface area (TPSA) is 32.8 Å². The van der Waals surface area contributed by atoms with Crippen LogP contribution in [0.1, 0.15) is 43.7 Å². The third kappa shape index (κ3) is 5.24. The van der Waals surface area contributed by atoms with E-state index in [-0.39, 0.29) is 12.5 Å². The van der Waals surface area contributed by atoms with Gasteiger partial charge in [-0.3, -0.25) is 4.79 Å². The number of carbonyl (C=O) groups is 1.